The summed E-state index contributed by atoms with van der Waals surface area (Å²) >= 11 is 0. The highest BCUT2D eigenvalue weighted by atomic mass is 19.4. The molecule has 0 aliphatic heterocycles. The van der Waals surface area contributed by atoms with Crippen molar-refractivity contribution in [2.24, 2.45) is 7.05 Å². The van der Waals surface area contributed by atoms with Crippen molar-refractivity contribution in [1.29, 1.82) is 0 Å². The number of hydrogen-bond acceptors (Lipinski definition) is 2. The van der Waals surface area contributed by atoms with E-state index in [9.17, 15) is 12.9 Å². The highest BCUT2D eigenvalue weighted by Crippen LogP contribution is 2.13. The fraction of sp³-hybridized carbons (Fsp3) is 0.500. The van der Waals surface area contributed by atoms with Crippen LogP contribution in [0, 0.1) is 0 Å². The number of aromatic nitrogens is 3. The molecule has 0 aliphatic rings. The molecule has 0 bridgehead atoms. The third-order valence-electron chi connectivity index (χ3n) is 1.09. The van der Waals surface area contributed by atoms with Gasteiger partial charge in [-0.25, -0.2) is 0 Å². The zero-order chi connectivity index (χ0) is 8.48. The topological polar surface area (TPSA) is 30.7 Å². The second kappa shape index (κ2) is 2.56. The molecule has 1 aromatic heterocycles. The van der Waals surface area contributed by atoms with E-state index in [1.165, 1.54) is 17.9 Å². The van der Waals surface area contributed by atoms with Crippen LogP contribution in [0.1, 0.15) is 5.69 Å². The first-order valence-electron chi connectivity index (χ1n) is 3.03. The maximum absolute atomic E-state index is 11.7. The van der Waals surface area contributed by atoms with Crippen LogP contribution in [-0.2, 0) is 13.4 Å². The zero-order valence-corrected chi connectivity index (χ0v) is 5.84. The summed E-state index contributed by atoms with van der Waals surface area (Å²) in [6, 6.07) is 0. The maximum atomic E-state index is 11.7. The van der Waals surface area contributed by atoms with E-state index in [0.717, 1.165) is 0 Å². The van der Waals surface area contributed by atoms with Crippen molar-refractivity contribution in [2.45, 2.75) is 6.32 Å². The minimum Gasteiger partial charge on any atom is -0.449 e. The lowest BCUT2D eigenvalue weighted by atomic mass is 9.85. The van der Waals surface area contributed by atoms with Gasteiger partial charge in [0, 0.05) is 13.2 Å². The van der Waals surface area contributed by atoms with Crippen LogP contribution in [-0.4, -0.2) is 22.0 Å². The van der Waals surface area contributed by atoms with Gasteiger partial charge < -0.3 is 12.9 Å². The van der Waals surface area contributed by atoms with Crippen LogP contribution < -0.4 is 0 Å². The molecule has 7 heteroatoms. The summed E-state index contributed by atoms with van der Waals surface area (Å²) in [5, 5.41) is 6.69. The molecule has 0 unspecified atom stereocenters. The number of aryl methyl sites for hydroxylation is 1. The Bertz CT molecular complexity index is 243. The van der Waals surface area contributed by atoms with Crippen molar-refractivity contribution in [3.05, 3.63) is 11.9 Å². The monoisotopic (exact) mass is 164 g/mol. The van der Waals surface area contributed by atoms with E-state index < -0.39 is 13.3 Å². The first kappa shape index (κ1) is 8.09. The molecule has 0 saturated carbocycles. The summed E-state index contributed by atoms with van der Waals surface area (Å²) in [7, 11) is 1.53. The minimum absolute atomic E-state index is 0.0278. The van der Waals surface area contributed by atoms with Gasteiger partial charge >= 0.3 is 6.98 Å². The van der Waals surface area contributed by atoms with E-state index in [1.807, 2.05) is 0 Å². The molecular weight excluding hydrogens is 158 g/mol. The van der Waals surface area contributed by atoms with Gasteiger partial charge in [0.2, 0.25) is 0 Å². The van der Waals surface area contributed by atoms with Gasteiger partial charge in [-0.05, 0) is 6.32 Å². The lowest BCUT2D eigenvalue weighted by molar-refractivity contribution is 0.467. The van der Waals surface area contributed by atoms with Crippen molar-refractivity contribution in [3.63, 3.8) is 0 Å². The van der Waals surface area contributed by atoms with Gasteiger partial charge in [0.05, 0.1) is 5.69 Å². The normalized spacial score (nSPS) is 12.0. The molecule has 0 spiro atoms. The SMILES string of the molecule is Cn1cc(C[B-](F)(F)F)nn1. The summed E-state index contributed by atoms with van der Waals surface area (Å²) in [6.07, 6.45) is 0.309. The summed E-state index contributed by atoms with van der Waals surface area (Å²) in [5.41, 5.74) is -0.0278. The Morgan fingerprint density at radius 1 is 1.55 bits per heavy atom. The van der Waals surface area contributed by atoms with Crippen LogP contribution in [0.5, 0.6) is 0 Å². The highest BCUT2D eigenvalue weighted by molar-refractivity contribution is 6.57. The lowest BCUT2D eigenvalue weighted by Gasteiger charge is -2.09. The smallest absolute Gasteiger partial charge is 0.449 e. The predicted molar refractivity (Wildman–Crippen MR) is 33.8 cm³/mol. The van der Waals surface area contributed by atoms with Crippen LogP contribution in [0.15, 0.2) is 6.20 Å². The largest absolute Gasteiger partial charge is 0.484 e. The van der Waals surface area contributed by atoms with Gasteiger partial charge in [0.25, 0.3) is 0 Å². The molecule has 0 radical (unpaired) electrons. The van der Waals surface area contributed by atoms with E-state index in [-0.39, 0.29) is 5.69 Å². The molecule has 0 aliphatic carbocycles. The van der Waals surface area contributed by atoms with Crippen molar-refractivity contribution in [2.75, 3.05) is 0 Å². The van der Waals surface area contributed by atoms with Gasteiger partial charge in [-0.2, -0.15) is 0 Å². The second-order valence-corrected chi connectivity index (χ2v) is 2.30. The molecule has 1 aromatic rings. The molecule has 1 heterocycles. The molecule has 3 nitrogen and oxygen atoms in total. The number of rotatable bonds is 2. The Morgan fingerprint density at radius 3 is 2.55 bits per heavy atom. The van der Waals surface area contributed by atoms with Gasteiger partial charge in [-0.1, -0.05) is 5.21 Å². The van der Waals surface area contributed by atoms with Gasteiger partial charge in [-0.3, -0.25) is 4.68 Å². The van der Waals surface area contributed by atoms with Crippen LogP contribution in [0.4, 0.5) is 12.9 Å². The lowest BCUT2D eigenvalue weighted by Crippen LogP contribution is -2.19. The Balaban J connectivity index is 2.65. The third-order valence-corrected chi connectivity index (χ3v) is 1.09. The molecule has 0 saturated heterocycles. The Labute approximate surface area is 61.3 Å². The predicted octanol–water partition coefficient (Wildman–Crippen LogP) is 0.744. The van der Waals surface area contributed by atoms with E-state index in [1.54, 1.807) is 0 Å². The molecule has 0 amide bonds. The first-order valence-corrected chi connectivity index (χ1v) is 3.03. The van der Waals surface area contributed by atoms with E-state index in [2.05, 4.69) is 10.3 Å². The molecule has 0 fully saturated rings. The number of nitrogens with zero attached hydrogens (tertiary/aromatic N) is 3. The molecule has 0 atom stereocenters. The Morgan fingerprint density at radius 2 is 2.18 bits per heavy atom. The van der Waals surface area contributed by atoms with E-state index in [0.29, 0.717) is 0 Å². The van der Waals surface area contributed by atoms with E-state index >= 15 is 0 Å². The van der Waals surface area contributed by atoms with Crippen molar-refractivity contribution < 1.29 is 12.9 Å². The quantitative estimate of drug-likeness (QED) is 0.603. The first-order chi connectivity index (χ1) is 4.97. The van der Waals surface area contributed by atoms with Gasteiger partial charge in [-0.15, -0.1) is 5.10 Å². The Hall–Kier alpha value is -1.01. The average Bonchev–Trinajstić information content (AvgIpc) is 2.10. The van der Waals surface area contributed by atoms with Crippen LogP contribution in [0.25, 0.3) is 0 Å². The van der Waals surface area contributed by atoms with Crippen LogP contribution in [0.3, 0.4) is 0 Å². The van der Waals surface area contributed by atoms with E-state index in [4.69, 9.17) is 0 Å². The fourth-order valence-electron chi connectivity index (χ4n) is 0.726. The average molecular weight is 164 g/mol. The van der Waals surface area contributed by atoms with Crippen LogP contribution in [0.2, 0.25) is 0 Å². The van der Waals surface area contributed by atoms with Crippen molar-refractivity contribution >= 4 is 6.98 Å². The summed E-state index contributed by atoms with van der Waals surface area (Å²) in [5.74, 6) is 0. The summed E-state index contributed by atoms with van der Waals surface area (Å²) in [4.78, 5) is 0. The van der Waals surface area contributed by atoms with Crippen molar-refractivity contribution in [3.8, 4) is 0 Å². The molecule has 1 rings (SSSR count). The van der Waals surface area contributed by atoms with Crippen molar-refractivity contribution in [1.82, 2.24) is 15.0 Å². The molecule has 0 aromatic carbocycles. The number of halogens is 3. The van der Waals surface area contributed by atoms with Gasteiger partial charge in [0.15, 0.2) is 0 Å². The molecule has 62 valence electrons. The molecule has 0 N–H and O–H groups in total. The zero-order valence-electron chi connectivity index (χ0n) is 5.84. The molecular formula is C4H6BF3N3-. The fourth-order valence-corrected chi connectivity index (χ4v) is 0.726. The summed E-state index contributed by atoms with van der Waals surface area (Å²) in [6.45, 7) is -4.78. The van der Waals surface area contributed by atoms with Crippen LogP contribution >= 0.6 is 0 Å². The van der Waals surface area contributed by atoms with Gasteiger partial charge in [0.1, 0.15) is 0 Å². The third kappa shape index (κ3) is 2.61. The summed E-state index contributed by atoms with van der Waals surface area (Å²) < 4.78 is 36.5. The maximum Gasteiger partial charge on any atom is 0.484 e. The highest BCUT2D eigenvalue weighted by Gasteiger charge is 2.24. The molecule has 11 heavy (non-hydrogen) atoms. The Kier molecular flexibility index (Phi) is 1.88. The second-order valence-electron chi connectivity index (χ2n) is 2.30. The minimum atomic E-state index is -4.78. The standard InChI is InChI=1S/C4H6BF3N3/c1-11-3-4(9-10-11)2-5(6,7)8/h3H,2H2,1H3/q-1. The number of hydrogen-bond donors (Lipinski definition) is 0.